The molecule has 1 heterocycles. The molecule has 28 heavy (non-hydrogen) atoms. The lowest BCUT2D eigenvalue weighted by molar-refractivity contribution is -0.142. The van der Waals surface area contributed by atoms with Gasteiger partial charge in [-0.2, -0.15) is 5.10 Å². The van der Waals surface area contributed by atoms with Crippen molar-refractivity contribution in [1.29, 1.82) is 0 Å². The van der Waals surface area contributed by atoms with Crippen LogP contribution >= 0.6 is 0 Å². The number of nitrogens with zero attached hydrogens (tertiary/aromatic N) is 2. The summed E-state index contributed by atoms with van der Waals surface area (Å²) in [4.78, 5) is 11.7. The first-order valence-corrected chi connectivity index (χ1v) is 10.0. The highest BCUT2D eigenvalue weighted by molar-refractivity contribution is 5.70. The summed E-state index contributed by atoms with van der Waals surface area (Å²) < 4.78 is 1.91. The predicted octanol–water partition coefficient (Wildman–Crippen LogP) is 5.23. The van der Waals surface area contributed by atoms with E-state index in [1.165, 1.54) is 11.1 Å². The lowest BCUT2D eigenvalue weighted by Crippen LogP contribution is -2.15. The van der Waals surface area contributed by atoms with Crippen LogP contribution in [0.3, 0.4) is 0 Å². The van der Waals surface area contributed by atoms with E-state index in [1.807, 2.05) is 47.4 Å². The van der Waals surface area contributed by atoms with Gasteiger partial charge in [0.2, 0.25) is 0 Å². The first-order valence-electron chi connectivity index (χ1n) is 10.0. The summed E-state index contributed by atoms with van der Waals surface area (Å²) in [5.74, 6) is -1.00. The topological polar surface area (TPSA) is 55.1 Å². The fourth-order valence-corrected chi connectivity index (χ4v) is 3.61. The molecule has 1 aromatic heterocycles. The fourth-order valence-electron chi connectivity index (χ4n) is 3.61. The maximum absolute atomic E-state index is 11.7. The summed E-state index contributed by atoms with van der Waals surface area (Å²) in [5.41, 5.74) is 4.70. The average molecular weight is 376 g/mol. The number of carboxylic acid groups (broad SMARTS) is 1. The second kappa shape index (κ2) is 9.88. The van der Waals surface area contributed by atoms with E-state index < -0.39 is 5.97 Å². The van der Waals surface area contributed by atoms with Crippen molar-refractivity contribution in [3.8, 4) is 11.1 Å². The van der Waals surface area contributed by atoms with E-state index in [9.17, 15) is 9.90 Å². The molecule has 1 N–H and O–H groups in total. The smallest absolute Gasteiger partial charge is 0.306 e. The van der Waals surface area contributed by atoms with Crippen LogP contribution in [0.2, 0.25) is 0 Å². The van der Waals surface area contributed by atoms with Gasteiger partial charge < -0.3 is 5.11 Å². The first-order chi connectivity index (χ1) is 13.7. The second-order valence-corrected chi connectivity index (χ2v) is 7.19. The van der Waals surface area contributed by atoms with E-state index in [0.29, 0.717) is 12.8 Å². The Balaban J connectivity index is 1.61. The third kappa shape index (κ3) is 5.32. The Labute approximate surface area is 166 Å². The highest BCUT2D eigenvalue weighted by Gasteiger charge is 2.18. The Hall–Kier alpha value is -2.88. The first kappa shape index (κ1) is 19.9. The monoisotopic (exact) mass is 376 g/mol. The SMILES string of the molecule is CCn1cc(-c2ccccc2CCC(CCCc2ccccc2)C(=O)O)cn1. The Morgan fingerprint density at radius 2 is 1.79 bits per heavy atom. The van der Waals surface area contributed by atoms with Gasteiger partial charge in [0.15, 0.2) is 0 Å². The number of hydrogen-bond donors (Lipinski definition) is 1. The maximum atomic E-state index is 11.7. The normalized spacial score (nSPS) is 12.0. The summed E-state index contributed by atoms with van der Waals surface area (Å²) >= 11 is 0. The van der Waals surface area contributed by atoms with Crippen molar-refractivity contribution < 1.29 is 9.90 Å². The molecule has 146 valence electrons. The molecule has 0 aliphatic rings. The summed E-state index contributed by atoms with van der Waals surface area (Å²) in [7, 11) is 0. The lowest BCUT2D eigenvalue weighted by atomic mass is 9.91. The third-order valence-electron chi connectivity index (χ3n) is 5.26. The third-order valence-corrected chi connectivity index (χ3v) is 5.26. The molecule has 1 atom stereocenters. The van der Waals surface area contributed by atoms with Crippen LogP contribution < -0.4 is 0 Å². The predicted molar refractivity (Wildman–Crippen MR) is 112 cm³/mol. The van der Waals surface area contributed by atoms with Gasteiger partial charge in [-0.1, -0.05) is 54.6 Å². The van der Waals surface area contributed by atoms with Gasteiger partial charge in [-0.25, -0.2) is 0 Å². The minimum Gasteiger partial charge on any atom is -0.481 e. The molecule has 0 radical (unpaired) electrons. The average Bonchev–Trinajstić information content (AvgIpc) is 3.20. The Morgan fingerprint density at radius 1 is 1.04 bits per heavy atom. The molecule has 4 nitrogen and oxygen atoms in total. The Kier molecular flexibility index (Phi) is 7.01. The second-order valence-electron chi connectivity index (χ2n) is 7.19. The molecular weight excluding hydrogens is 348 g/mol. The van der Waals surface area contributed by atoms with Gasteiger partial charge >= 0.3 is 5.97 Å². The van der Waals surface area contributed by atoms with Crippen LogP contribution in [0.4, 0.5) is 0 Å². The zero-order chi connectivity index (χ0) is 19.8. The number of rotatable bonds is 10. The number of benzene rings is 2. The largest absolute Gasteiger partial charge is 0.481 e. The summed E-state index contributed by atoms with van der Waals surface area (Å²) in [6, 6.07) is 18.5. The van der Waals surface area contributed by atoms with Crippen LogP contribution in [0.1, 0.15) is 37.3 Å². The van der Waals surface area contributed by atoms with E-state index in [2.05, 4.69) is 36.3 Å². The number of carboxylic acids is 1. The maximum Gasteiger partial charge on any atom is 0.306 e. The van der Waals surface area contributed by atoms with Gasteiger partial charge in [-0.05, 0) is 55.7 Å². The van der Waals surface area contributed by atoms with E-state index in [4.69, 9.17) is 0 Å². The van der Waals surface area contributed by atoms with Crippen LogP contribution in [-0.4, -0.2) is 20.9 Å². The lowest BCUT2D eigenvalue weighted by Gasteiger charge is -2.14. The van der Waals surface area contributed by atoms with Gasteiger partial charge in [-0.15, -0.1) is 0 Å². The van der Waals surface area contributed by atoms with Crippen LogP contribution in [0, 0.1) is 5.92 Å². The van der Waals surface area contributed by atoms with E-state index in [-0.39, 0.29) is 5.92 Å². The molecule has 3 aromatic rings. The number of aliphatic carboxylic acids is 1. The van der Waals surface area contributed by atoms with Crippen molar-refractivity contribution >= 4 is 5.97 Å². The number of carbonyl (C=O) groups is 1. The van der Waals surface area contributed by atoms with Crippen LogP contribution in [0.5, 0.6) is 0 Å². The minimum absolute atomic E-state index is 0.310. The molecule has 0 aliphatic carbocycles. The van der Waals surface area contributed by atoms with Gasteiger partial charge in [-0.3, -0.25) is 9.48 Å². The van der Waals surface area contributed by atoms with Crippen molar-refractivity contribution in [1.82, 2.24) is 9.78 Å². The van der Waals surface area contributed by atoms with Crippen molar-refractivity contribution in [2.24, 2.45) is 5.92 Å². The Morgan fingerprint density at radius 3 is 2.50 bits per heavy atom. The number of aryl methyl sites for hydroxylation is 3. The molecule has 0 spiro atoms. The van der Waals surface area contributed by atoms with Crippen LogP contribution in [-0.2, 0) is 24.2 Å². The molecule has 0 bridgehead atoms. The van der Waals surface area contributed by atoms with Gasteiger partial charge in [0, 0.05) is 18.3 Å². The Bertz CT molecular complexity index is 886. The van der Waals surface area contributed by atoms with Crippen molar-refractivity contribution in [2.75, 3.05) is 0 Å². The summed E-state index contributed by atoms with van der Waals surface area (Å²) in [6.07, 6.45) is 7.88. The van der Waals surface area contributed by atoms with Crippen LogP contribution in [0.15, 0.2) is 67.0 Å². The quantitative estimate of drug-likeness (QED) is 0.527. The molecule has 0 aliphatic heterocycles. The minimum atomic E-state index is -0.690. The summed E-state index contributed by atoms with van der Waals surface area (Å²) in [6.45, 7) is 2.90. The number of aromatic nitrogens is 2. The molecule has 0 saturated carbocycles. The van der Waals surface area contributed by atoms with Crippen molar-refractivity contribution in [3.05, 3.63) is 78.1 Å². The molecule has 0 amide bonds. The molecule has 1 unspecified atom stereocenters. The van der Waals surface area contributed by atoms with Gasteiger partial charge in [0.1, 0.15) is 0 Å². The van der Waals surface area contributed by atoms with E-state index in [0.717, 1.165) is 36.9 Å². The molecule has 0 saturated heterocycles. The van der Waals surface area contributed by atoms with Gasteiger partial charge in [0.25, 0.3) is 0 Å². The molecule has 4 heteroatoms. The fraction of sp³-hybridized carbons (Fsp3) is 0.333. The summed E-state index contributed by atoms with van der Waals surface area (Å²) in [5, 5.41) is 14.0. The zero-order valence-electron chi connectivity index (χ0n) is 16.4. The zero-order valence-corrected chi connectivity index (χ0v) is 16.4. The molecule has 3 rings (SSSR count). The van der Waals surface area contributed by atoms with E-state index >= 15 is 0 Å². The standard InChI is InChI=1S/C24H28N2O2/c1-2-26-18-22(17-25-26)23-14-7-6-12-20(23)15-16-21(24(27)28)13-8-11-19-9-4-3-5-10-19/h3-7,9-10,12,14,17-18,21H,2,8,11,13,15-16H2,1H3,(H,27,28). The molecule has 2 aromatic carbocycles. The highest BCUT2D eigenvalue weighted by Crippen LogP contribution is 2.26. The van der Waals surface area contributed by atoms with Crippen molar-refractivity contribution in [3.63, 3.8) is 0 Å². The van der Waals surface area contributed by atoms with Crippen LogP contribution in [0.25, 0.3) is 11.1 Å². The highest BCUT2D eigenvalue weighted by atomic mass is 16.4. The number of hydrogen-bond acceptors (Lipinski definition) is 2. The van der Waals surface area contributed by atoms with Gasteiger partial charge in [0.05, 0.1) is 12.1 Å². The molecular formula is C24H28N2O2. The molecule has 0 fully saturated rings. The van der Waals surface area contributed by atoms with E-state index in [1.54, 1.807) is 0 Å². The van der Waals surface area contributed by atoms with Crippen molar-refractivity contribution in [2.45, 2.75) is 45.6 Å².